The minimum absolute atomic E-state index is 0.0622. The van der Waals surface area contributed by atoms with E-state index < -0.39 is 10.0 Å². The van der Waals surface area contributed by atoms with Crippen LogP contribution >= 0.6 is 0 Å². The second kappa shape index (κ2) is 4.84. The molecule has 0 aromatic carbocycles. The Balaban J connectivity index is 2.25. The molecule has 0 amide bonds. The van der Waals surface area contributed by atoms with Crippen molar-refractivity contribution < 1.29 is 13.5 Å². The molecule has 1 heterocycles. The molecule has 1 fully saturated rings. The summed E-state index contributed by atoms with van der Waals surface area (Å²) in [6.45, 7) is -0.267. The summed E-state index contributed by atoms with van der Waals surface area (Å²) < 4.78 is 26.3. The summed E-state index contributed by atoms with van der Waals surface area (Å²) in [7, 11) is -3.49. The normalized spacial score (nSPS) is 15.1. The zero-order valence-corrected chi connectivity index (χ0v) is 9.87. The Morgan fingerprint density at radius 3 is 2.88 bits per heavy atom. The van der Waals surface area contributed by atoms with Crippen molar-refractivity contribution in [1.29, 1.82) is 0 Å². The third kappa shape index (κ3) is 3.27. The van der Waals surface area contributed by atoms with Crippen molar-refractivity contribution in [1.82, 2.24) is 9.71 Å². The van der Waals surface area contributed by atoms with E-state index in [2.05, 4.69) is 21.5 Å². The highest BCUT2D eigenvalue weighted by atomic mass is 32.2. The van der Waals surface area contributed by atoms with Crippen molar-refractivity contribution in [3.05, 3.63) is 24.0 Å². The Labute approximate surface area is 99.9 Å². The van der Waals surface area contributed by atoms with E-state index in [-0.39, 0.29) is 17.5 Å². The SMILES string of the molecule is O=S(=O)(NC1CC1)c1cncc(C#CCO)c1. The van der Waals surface area contributed by atoms with Crippen LogP contribution in [-0.4, -0.2) is 31.2 Å². The number of hydrogen-bond donors (Lipinski definition) is 2. The van der Waals surface area contributed by atoms with Crippen LogP contribution in [0.4, 0.5) is 0 Å². The molecule has 1 aromatic rings. The number of nitrogens with zero attached hydrogens (tertiary/aromatic N) is 1. The van der Waals surface area contributed by atoms with Gasteiger partial charge in [0.25, 0.3) is 0 Å². The Hall–Kier alpha value is -1.42. The minimum Gasteiger partial charge on any atom is -0.384 e. The van der Waals surface area contributed by atoms with Gasteiger partial charge in [-0.2, -0.15) is 0 Å². The molecule has 2 rings (SSSR count). The van der Waals surface area contributed by atoms with Gasteiger partial charge in [-0.1, -0.05) is 11.8 Å². The first-order chi connectivity index (χ1) is 8.12. The lowest BCUT2D eigenvalue weighted by Gasteiger charge is -2.04. The van der Waals surface area contributed by atoms with E-state index in [4.69, 9.17) is 5.11 Å². The van der Waals surface area contributed by atoms with E-state index in [9.17, 15) is 8.42 Å². The van der Waals surface area contributed by atoms with Crippen LogP contribution in [-0.2, 0) is 10.0 Å². The monoisotopic (exact) mass is 252 g/mol. The number of aliphatic hydroxyl groups excluding tert-OH is 1. The summed E-state index contributed by atoms with van der Waals surface area (Å²) >= 11 is 0. The number of rotatable bonds is 3. The molecule has 0 atom stereocenters. The molecule has 1 saturated carbocycles. The van der Waals surface area contributed by atoms with Gasteiger partial charge >= 0.3 is 0 Å². The fourth-order valence-corrected chi connectivity index (χ4v) is 2.56. The van der Waals surface area contributed by atoms with Gasteiger partial charge < -0.3 is 5.11 Å². The van der Waals surface area contributed by atoms with Crippen molar-refractivity contribution >= 4 is 10.0 Å². The van der Waals surface area contributed by atoms with Gasteiger partial charge in [-0.25, -0.2) is 13.1 Å². The number of aliphatic hydroxyl groups is 1. The van der Waals surface area contributed by atoms with E-state index in [0.717, 1.165) is 12.8 Å². The first kappa shape index (κ1) is 12.0. The standard InChI is InChI=1S/C11H12N2O3S/c14-5-1-2-9-6-11(8-12-7-9)17(15,16)13-10-3-4-10/h6-8,10,13-14H,3-5H2. The largest absolute Gasteiger partial charge is 0.384 e. The zero-order chi connectivity index (χ0) is 12.3. The van der Waals surface area contributed by atoms with Crippen LogP contribution in [0.3, 0.4) is 0 Å². The van der Waals surface area contributed by atoms with Gasteiger partial charge in [0.15, 0.2) is 0 Å². The van der Waals surface area contributed by atoms with Crippen molar-refractivity contribution in [2.75, 3.05) is 6.61 Å². The number of aromatic nitrogens is 1. The quantitative estimate of drug-likeness (QED) is 0.734. The summed E-state index contributed by atoms with van der Waals surface area (Å²) in [6.07, 6.45) is 4.51. The summed E-state index contributed by atoms with van der Waals surface area (Å²) in [5.74, 6) is 5.07. The average Bonchev–Trinajstić information content (AvgIpc) is 3.10. The Bertz CT molecular complexity index is 568. The molecule has 0 aliphatic heterocycles. The highest BCUT2D eigenvalue weighted by molar-refractivity contribution is 7.89. The lowest BCUT2D eigenvalue weighted by atomic mass is 10.3. The van der Waals surface area contributed by atoms with E-state index in [1.54, 1.807) is 0 Å². The second-order valence-electron chi connectivity index (χ2n) is 3.76. The highest BCUT2D eigenvalue weighted by Gasteiger charge is 2.28. The maximum atomic E-state index is 11.9. The fourth-order valence-electron chi connectivity index (χ4n) is 1.26. The van der Waals surface area contributed by atoms with E-state index in [0.29, 0.717) is 5.56 Å². The van der Waals surface area contributed by atoms with Crippen molar-refractivity contribution in [3.63, 3.8) is 0 Å². The van der Waals surface area contributed by atoms with Gasteiger partial charge in [0, 0.05) is 24.0 Å². The number of nitrogens with one attached hydrogen (secondary N) is 1. The Kier molecular flexibility index (Phi) is 3.43. The lowest BCUT2D eigenvalue weighted by molar-refractivity contribution is 0.350. The smallest absolute Gasteiger partial charge is 0.242 e. The molecule has 2 N–H and O–H groups in total. The molecule has 17 heavy (non-hydrogen) atoms. The molecule has 0 bridgehead atoms. The predicted octanol–water partition coefficient (Wildman–Crippen LogP) is -0.134. The topological polar surface area (TPSA) is 79.3 Å². The predicted molar refractivity (Wildman–Crippen MR) is 61.5 cm³/mol. The maximum Gasteiger partial charge on any atom is 0.242 e. The summed E-state index contributed by atoms with van der Waals surface area (Å²) in [4.78, 5) is 3.93. The lowest BCUT2D eigenvalue weighted by Crippen LogP contribution is -2.25. The summed E-state index contributed by atoms with van der Waals surface area (Å²) in [5.41, 5.74) is 0.470. The van der Waals surface area contributed by atoms with E-state index in [1.165, 1.54) is 18.5 Å². The van der Waals surface area contributed by atoms with Crippen molar-refractivity contribution in [3.8, 4) is 11.8 Å². The third-order valence-electron chi connectivity index (χ3n) is 2.23. The molecule has 1 aliphatic carbocycles. The molecule has 1 aromatic heterocycles. The van der Waals surface area contributed by atoms with Crippen LogP contribution in [0.2, 0.25) is 0 Å². The van der Waals surface area contributed by atoms with Crippen LogP contribution in [0.1, 0.15) is 18.4 Å². The minimum atomic E-state index is -3.49. The third-order valence-corrected chi connectivity index (χ3v) is 3.72. The van der Waals surface area contributed by atoms with Gasteiger partial charge in [0.2, 0.25) is 10.0 Å². The van der Waals surface area contributed by atoms with Gasteiger partial charge in [0.1, 0.15) is 11.5 Å². The molecule has 5 nitrogen and oxygen atoms in total. The molecule has 90 valence electrons. The van der Waals surface area contributed by atoms with Crippen LogP contribution in [0.15, 0.2) is 23.4 Å². The Morgan fingerprint density at radius 2 is 2.24 bits per heavy atom. The van der Waals surface area contributed by atoms with Crippen LogP contribution in [0, 0.1) is 11.8 Å². The first-order valence-electron chi connectivity index (χ1n) is 5.19. The molecule has 0 saturated heterocycles. The van der Waals surface area contributed by atoms with E-state index >= 15 is 0 Å². The first-order valence-corrected chi connectivity index (χ1v) is 6.67. The second-order valence-corrected chi connectivity index (χ2v) is 5.48. The molecule has 0 unspecified atom stereocenters. The molecule has 0 spiro atoms. The van der Waals surface area contributed by atoms with Crippen molar-refractivity contribution in [2.24, 2.45) is 0 Å². The number of hydrogen-bond acceptors (Lipinski definition) is 4. The maximum absolute atomic E-state index is 11.9. The van der Waals surface area contributed by atoms with Gasteiger partial charge in [-0.05, 0) is 18.9 Å². The zero-order valence-electron chi connectivity index (χ0n) is 9.05. The molecule has 0 radical (unpaired) electrons. The van der Waals surface area contributed by atoms with Gasteiger partial charge in [-0.15, -0.1) is 0 Å². The summed E-state index contributed by atoms with van der Waals surface area (Å²) in [6, 6.07) is 1.51. The number of pyridine rings is 1. The Morgan fingerprint density at radius 1 is 1.47 bits per heavy atom. The molecular weight excluding hydrogens is 240 g/mol. The number of sulfonamides is 1. The van der Waals surface area contributed by atoms with Crippen molar-refractivity contribution in [2.45, 2.75) is 23.8 Å². The van der Waals surface area contributed by atoms with Gasteiger partial charge in [0.05, 0.1) is 0 Å². The fraction of sp³-hybridized carbons (Fsp3) is 0.364. The molecular formula is C11H12N2O3S. The van der Waals surface area contributed by atoms with Gasteiger partial charge in [-0.3, -0.25) is 4.98 Å². The molecule has 6 heteroatoms. The van der Waals surface area contributed by atoms with Crippen LogP contribution < -0.4 is 4.72 Å². The van der Waals surface area contributed by atoms with Crippen LogP contribution in [0.25, 0.3) is 0 Å². The highest BCUT2D eigenvalue weighted by Crippen LogP contribution is 2.22. The molecule has 1 aliphatic rings. The van der Waals surface area contributed by atoms with Crippen LogP contribution in [0.5, 0.6) is 0 Å². The average molecular weight is 252 g/mol. The van der Waals surface area contributed by atoms with E-state index in [1.807, 2.05) is 0 Å². The summed E-state index contributed by atoms with van der Waals surface area (Å²) in [5, 5.41) is 8.56.